The van der Waals surface area contributed by atoms with Crippen LogP contribution in [0.2, 0.25) is 0 Å². The lowest BCUT2D eigenvalue weighted by molar-refractivity contribution is -0.135. The molecule has 0 aliphatic carbocycles. The second kappa shape index (κ2) is 9.62. The number of hydrogen-bond donors (Lipinski definition) is 2. The summed E-state index contributed by atoms with van der Waals surface area (Å²) in [5.41, 5.74) is 8.31. The van der Waals surface area contributed by atoms with Gasteiger partial charge in [0, 0.05) is 37.3 Å². The van der Waals surface area contributed by atoms with E-state index in [9.17, 15) is 14.7 Å². The van der Waals surface area contributed by atoms with Crippen LogP contribution in [0.1, 0.15) is 53.1 Å². The minimum atomic E-state index is -0.460. The highest BCUT2D eigenvalue weighted by molar-refractivity contribution is 5.92. The number of amides is 2. The number of rotatable bonds is 8. The smallest absolute Gasteiger partial charge is 0.248 e. The number of hydrogen-bond acceptors (Lipinski definition) is 4. The molecule has 3 N–H and O–H groups in total. The molecule has 2 aliphatic heterocycles. The van der Waals surface area contributed by atoms with Crippen molar-refractivity contribution in [1.82, 2.24) is 9.80 Å². The van der Waals surface area contributed by atoms with Gasteiger partial charge in [0.25, 0.3) is 0 Å². The second-order valence-corrected chi connectivity index (χ2v) is 8.74. The molecule has 2 aromatic carbocycles. The van der Waals surface area contributed by atoms with Crippen LogP contribution in [-0.4, -0.2) is 58.5 Å². The summed E-state index contributed by atoms with van der Waals surface area (Å²) in [5.74, 6) is -0.170. The Kier molecular flexibility index (Phi) is 6.68. The predicted molar refractivity (Wildman–Crippen MR) is 119 cm³/mol. The molecule has 0 spiro atoms. The first-order valence-electron chi connectivity index (χ1n) is 11.1. The Hall–Kier alpha value is -2.70. The molecule has 2 amide bonds. The predicted octanol–water partition coefficient (Wildman–Crippen LogP) is 2.52. The molecule has 2 bridgehead atoms. The van der Waals surface area contributed by atoms with Crippen molar-refractivity contribution in [2.24, 2.45) is 5.73 Å². The zero-order chi connectivity index (χ0) is 21.8. The number of piperidine rings is 1. The first-order chi connectivity index (χ1) is 15.0. The highest BCUT2D eigenvalue weighted by Gasteiger charge is 2.41. The van der Waals surface area contributed by atoms with E-state index in [1.54, 1.807) is 11.0 Å². The van der Waals surface area contributed by atoms with Crippen LogP contribution in [0.4, 0.5) is 0 Å². The van der Waals surface area contributed by atoms with Gasteiger partial charge in [-0.1, -0.05) is 42.5 Å². The molecular weight excluding hydrogens is 390 g/mol. The standard InChI is InChI=1S/C25H31N3O3/c26-25(31)20-8-4-7-19(13-20)21-14-22-9-10-23(15-21)28(22)12-11-27(24(30)17-29)16-18-5-2-1-3-6-18/h1-8,13,21-23,29H,9-12,14-17H2,(H2,26,31)/t21-,22+,23-. The molecule has 3 atom stereocenters. The third-order valence-electron chi connectivity index (χ3n) is 6.86. The maximum absolute atomic E-state index is 12.3. The molecule has 4 rings (SSSR count). The number of aliphatic hydroxyl groups excluding tert-OH is 1. The number of fused-ring (bicyclic) bond motifs is 2. The van der Waals surface area contributed by atoms with Crippen molar-refractivity contribution in [3.63, 3.8) is 0 Å². The van der Waals surface area contributed by atoms with Crippen molar-refractivity contribution in [2.45, 2.75) is 50.2 Å². The number of aliphatic hydroxyl groups is 1. The van der Waals surface area contributed by atoms with Gasteiger partial charge in [0.1, 0.15) is 6.61 Å². The van der Waals surface area contributed by atoms with Crippen molar-refractivity contribution in [2.75, 3.05) is 19.7 Å². The highest BCUT2D eigenvalue weighted by Crippen LogP contribution is 2.43. The van der Waals surface area contributed by atoms with Gasteiger partial charge >= 0.3 is 0 Å². The van der Waals surface area contributed by atoms with Gasteiger partial charge in [-0.25, -0.2) is 0 Å². The van der Waals surface area contributed by atoms with Crippen LogP contribution in [0, 0.1) is 0 Å². The van der Waals surface area contributed by atoms with Crippen molar-refractivity contribution in [3.8, 4) is 0 Å². The van der Waals surface area contributed by atoms with Gasteiger partial charge in [-0.3, -0.25) is 14.5 Å². The minimum Gasteiger partial charge on any atom is -0.387 e. The average molecular weight is 422 g/mol. The van der Waals surface area contributed by atoms with E-state index in [0.717, 1.165) is 24.9 Å². The Morgan fingerprint density at radius 1 is 1.03 bits per heavy atom. The van der Waals surface area contributed by atoms with Crippen molar-refractivity contribution < 1.29 is 14.7 Å². The molecule has 31 heavy (non-hydrogen) atoms. The molecule has 2 saturated heterocycles. The Morgan fingerprint density at radius 3 is 2.39 bits per heavy atom. The summed E-state index contributed by atoms with van der Waals surface area (Å²) >= 11 is 0. The Labute approximate surface area is 183 Å². The van der Waals surface area contributed by atoms with Gasteiger partial charge in [-0.2, -0.15) is 0 Å². The summed E-state index contributed by atoms with van der Waals surface area (Å²) in [6.45, 7) is 1.50. The molecule has 2 aromatic rings. The third-order valence-corrected chi connectivity index (χ3v) is 6.86. The van der Waals surface area contributed by atoms with Gasteiger partial charge < -0.3 is 15.7 Å². The number of nitrogens with zero attached hydrogens (tertiary/aromatic N) is 2. The fourth-order valence-electron chi connectivity index (χ4n) is 5.29. The number of primary amides is 1. The van der Waals surface area contributed by atoms with Gasteiger partial charge in [0.2, 0.25) is 11.8 Å². The lowest BCUT2D eigenvalue weighted by Crippen LogP contribution is -2.47. The molecule has 0 aromatic heterocycles. The van der Waals surface area contributed by atoms with Crippen LogP contribution in [0.5, 0.6) is 0 Å². The summed E-state index contributed by atoms with van der Waals surface area (Å²) < 4.78 is 0. The van der Waals surface area contributed by atoms with Crippen molar-refractivity contribution in [3.05, 3.63) is 71.3 Å². The molecule has 6 nitrogen and oxygen atoms in total. The van der Waals surface area contributed by atoms with E-state index in [0.29, 0.717) is 36.7 Å². The number of nitrogens with two attached hydrogens (primary N) is 1. The summed E-state index contributed by atoms with van der Waals surface area (Å²) in [5, 5.41) is 9.42. The lowest BCUT2D eigenvalue weighted by atomic mass is 9.84. The third kappa shape index (κ3) is 4.97. The summed E-state index contributed by atoms with van der Waals surface area (Å²) in [7, 11) is 0. The van der Waals surface area contributed by atoms with E-state index in [1.807, 2.05) is 42.5 Å². The maximum atomic E-state index is 12.3. The molecule has 2 fully saturated rings. The SMILES string of the molecule is NC(=O)c1cccc([C@H]2C[C@H]3CC[C@@H](C2)N3CCN(Cc2ccccc2)C(=O)CO)c1. The normalized spacial score (nSPS) is 22.9. The summed E-state index contributed by atoms with van der Waals surface area (Å²) in [6.07, 6.45) is 4.46. The number of carbonyl (C=O) groups is 2. The topological polar surface area (TPSA) is 86.9 Å². The molecule has 164 valence electrons. The van der Waals surface area contributed by atoms with E-state index < -0.39 is 6.61 Å². The van der Waals surface area contributed by atoms with Gasteiger partial charge in [0.15, 0.2) is 0 Å². The zero-order valence-electron chi connectivity index (χ0n) is 17.8. The Morgan fingerprint density at radius 2 is 1.74 bits per heavy atom. The van der Waals surface area contributed by atoms with E-state index in [-0.39, 0.29) is 11.8 Å². The highest BCUT2D eigenvalue weighted by atomic mass is 16.3. The van der Waals surface area contributed by atoms with Crippen LogP contribution in [0.25, 0.3) is 0 Å². The number of benzene rings is 2. The van der Waals surface area contributed by atoms with Crippen LogP contribution < -0.4 is 5.73 Å². The van der Waals surface area contributed by atoms with Gasteiger partial charge in [-0.05, 0) is 54.9 Å². The van der Waals surface area contributed by atoms with E-state index in [2.05, 4.69) is 11.0 Å². The Bertz CT molecular complexity index is 903. The summed E-state index contributed by atoms with van der Waals surface area (Å²) in [6, 6.07) is 18.6. The zero-order valence-corrected chi connectivity index (χ0v) is 17.8. The largest absolute Gasteiger partial charge is 0.387 e. The Balaban J connectivity index is 1.39. The fraction of sp³-hybridized carbons (Fsp3) is 0.440. The monoisotopic (exact) mass is 421 g/mol. The molecule has 2 aliphatic rings. The molecule has 0 unspecified atom stereocenters. The van der Waals surface area contributed by atoms with Crippen LogP contribution in [-0.2, 0) is 11.3 Å². The molecule has 2 heterocycles. The first-order valence-corrected chi connectivity index (χ1v) is 11.1. The van der Waals surface area contributed by atoms with E-state index >= 15 is 0 Å². The molecule has 6 heteroatoms. The molecule has 0 radical (unpaired) electrons. The van der Waals surface area contributed by atoms with Gasteiger partial charge in [0.05, 0.1) is 0 Å². The van der Waals surface area contributed by atoms with Crippen molar-refractivity contribution >= 4 is 11.8 Å². The minimum absolute atomic E-state index is 0.227. The molecule has 0 saturated carbocycles. The van der Waals surface area contributed by atoms with Crippen LogP contribution in [0.3, 0.4) is 0 Å². The van der Waals surface area contributed by atoms with Gasteiger partial charge in [-0.15, -0.1) is 0 Å². The maximum Gasteiger partial charge on any atom is 0.248 e. The van der Waals surface area contributed by atoms with E-state index in [1.165, 1.54) is 18.4 Å². The van der Waals surface area contributed by atoms with Crippen LogP contribution >= 0.6 is 0 Å². The summed E-state index contributed by atoms with van der Waals surface area (Å²) in [4.78, 5) is 28.2. The van der Waals surface area contributed by atoms with Crippen LogP contribution in [0.15, 0.2) is 54.6 Å². The number of carbonyl (C=O) groups excluding carboxylic acids is 2. The first kappa shape index (κ1) is 21.5. The molecular formula is C25H31N3O3. The quantitative estimate of drug-likeness (QED) is 0.686. The fourth-order valence-corrected chi connectivity index (χ4v) is 5.29. The lowest BCUT2D eigenvalue weighted by Gasteiger charge is -2.40. The van der Waals surface area contributed by atoms with E-state index in [4.69, 9.17) is 5.73 Å². The van der Waals surface area contributed by atoms with Crippen molar-refractivity contribution in [1.29, 1.82) is 0 Å². The second-order valence-electron chi connectivity index (χ2n) is 8.74. The average Bonchev–Trinajstić information content (AvgIpc) is 3.03.